The quantitative estimate of drug-likeness (QED) is 0.843. The number of aryl methyl sites for hydroxylation is 1. The zero-order valence-corrected chi connectivity index (χ0v) is 10.5. The summed E-state index contributed by atoms with van der Waals surface area (Å²) in [6.07, 6.45) is 3.39. The van der Waals surface area contributed by atoms with Gasteiger partial charge in [0.2, 0.25) is 0 Å². The van der Waals surface area contributed by atoms with Crippen LogP contribution in [0, 0.1) is 0 Å². The fourth-order valence-corrected chi connectivity index (χ4v) is 2.78. The van der Waals surface area contributed by atoms with E-state index in [1.54, 1.807) is 0 Å². The summed E-state index contributed by atoms with van der Waals surface area (Å²) in [6, 6.07) is 9.23. The molecule has 2 heterocycles. The number of hydrogen-bond acceptors (Lipinski definition) is 2. The Morgan fingerprint density at radius 2 is 2.12 bits per heavy atom. The first kappa shape index (κ1) is 10.8. The standard InChI is InChI=1S/C14H19N3/c1-16-9-12(15-10-16)7-11-8-17(2)14-6-4-3-5-13(11)14/h3-6,8,12,15H,7,9-10H2,1-2H3. The summed E-state index contributed by atoms with van der Waals surface area (Å²) in [7, 11) is 4.29. The van der Waals surface area contributed by atoms with Gasteiger partial charge in [0.1, 0.15) is 0 Å². The molecule has 17 heavy (non-hydrogen) atoms. The molecule has 1 unspecified atom stereocenters. The second kappa shape index (κ2) is 4.17. The number of aromatic nitrogens is 1. The lowest BCUT2D eigenvalue weighted by atomic mass is 10.1. The highest BCUT2D eigenvalue weighted by Gasteiger charge is 2.20. The number of hydrogen-bond donors (Lipinski definition) is 1. The Morgan fingerprint density at radius 3 is 2.88 bits per heavy atom. The van der Waals surface area contributed by atoms with Crippen molar-refractivity contribution in [2.45, 2.75) is 12.5 Å². The van der Waals surface area contributed by atoms with E-state index in [4.69, 9.17) is 0 Å². The molecule has 3 rings (SSSR count). The number of fused-ring (bicyclic) bond motifs is 1. The van der Waals surface area contributed by atoms with E-state index in [1.165, 1.54) is 16.5 Å². The molecule has 1 aliphatic heterocycles. The molecule has 1 saturated heterocycles. The normalized spacial score (nSPS) is 21.4. The Hall–Kier alpha value is -1.32. The number of rotatable bonds is 2. The molecular weight excluding hydrogens is 210 g/mol. The third kappa shape index (κ3) is 1.96. The Balaban J connectivity index is 1.90. The van der Waals surface area contributed by atoms with E-state index in [0.29, 0.717) is 6.04 Å². The van der Waals surface area contributed by atoms with Crippen LogP contribution in [0.5, 0.6) is 0 Å². The molecule has 1 atom stereocenters. The van der Waals surface area contributed by atoms with Crippen LogP contribution in [-0.4, -0.2) is 35.8 Å². The first-order chi connectivity index (χ1) is 8.24. The van der Waals surface area contributed by atoms with Gasteiger partial charge >= 0.3 is 0 Å². The molecule has 0 radical (unpaired) electrons. The van der Waals surface area contributed by atoms with Crippen molar-refractivity contribution in [2.24, 2.45) is 7.05 Å². The zero-order valence-electron chi connectivity index (χ0n) is 10.5. The monoisotopic (exact) mass is 229 g/mol. The van der Waals surface area contributed by atoms with Crippen molar-refractivity contribution in [3.8, 4) is 0 Å². The lowest BCUT2D eigenvalue weighted by Crippen LogP contribution is -2.25. The van der Waals surface area contributed by atoms with Crippen molar-refractivity contribution in [3.63, 3.8) is 0 Å². The van der Waals surface area contributed by atoms with Gasteiger partial charge in [-0.1, -0.05) is 18.2 Å². The Bertz CT molecular complexity index is 529. The largest absolute Gasteiger partial charge is 0.350 e. The van der Waals surface area contributed by atoms with Gasteiger partial charge < -0.3 is 4.57 Å². The van der Waals surface area contributed by atoms with Crippen molar-refractivity contribution >= 4 is 10.9 Å². The van der Waals surface area contributed by atoms with Crippen molar-refractivity contribution < 1.29 is 0 Å². The minimum absolute atomic E-state index is 0.589. The van der Waals surface area contributed by atoms with Crippen LogP contribution in [0.25, 0.3) is 10.9 Å². The highest BCUT2D eigenvalue weighted by molar-refractivity contribution is 5.83. The van der Waals surface area contributed by atoms with E-state index >= 15 is 0 Å². The van der Waals surface area contributed by atoms with Gasteiger partial charge in [-0.3, -0.25) is 10.2 Å². The van der Waals surface area contributed by atoms with E-state index in [0.717, 1.165) is 19.6 Å². The average Bonchev–Trinajstić information content (AvgIpc) is 2.86. The Morgan fingerprint density at radius 1 is 1.29 bits per heavy atom. The van der Waals surface area contributed by atoms with Gasteiger partial charge in [0.05, 0.1) is 0 Å². The molecule has 1 fully saturated rings. The summed E-state index contributed by atoms with van der Waals surface area (Å²) >= 11 is 0. The van der Waals surface area contributed by atoms with E-state index in [-0.39, 0.29) is 0 Å². The third-order valence-corrected chi connectivity index (χ3v) is 3.63. The maximum atomic E-state index is 3.55. The van der Waals surface area contributed by atoms with Crippen molar-refractivity contribution in [1.82, 2.24) is 14.8 Å². The lowest BCUT2D eigenvalue weighted by Gasteiger charge is -2.08. The molecule has 2 aromatic rings. The summed E-state index contributed by atoms with van der Waals surface area (Å²) in [4.78, 5) is 2.33. The zero-order chi connectivity index (χ0) is 11.8. The van der Waals surface area contributed by atoms with Crippen LogP contribution >= 0.6 is 0 Å². The summed E-state index contributed by atoms with van der Waals surface area (Å²) in [5, 5.41) is 4.94. The van der Waals surface area contributed by atoms with Crippen LogP contribution in [0.2, 0.25) is 0 Å². The molecular formula is C14H19N3. The number of nitrogens with zero attached hydrogens (tertiary/aromatic N) is 2. The first-order valence-corrected chi connectivity index (χ1v) is 6.19. The molecule has 3 nitrogen and oxygen atoms in total. The second-order valence-corrected chi connectivity index (χ2v) is 5.08. The van der Waals surface area contributed by atoms with Crippen LogP contribution in [0.3, 0.4) is 0 Å². The number of para-hydroxylation sites is 1. The van der Waals surface area contributed by atoms with Crippen LogP contribution < -0.4 is 5.32 Å². The molecule has 1 N–H and O–H groups in total. The van der Waals surface area contributed by atoms with Crippen molar-refractivity contribution in [2.75, 3.05) is 20.3 Å². The van der Waals surface area contributed by atoms with Gasteiger partial charge in [-0.15, -0.1) is 0 Å². The summed E-state index contributed by atoms with van der Waals surface area (Å²) in [5.41, 5.74) is 2.78. The van der Waals surface area contributed by atoms with E-state index in [9.17, 15) is 0 Å². The molecule has 1 aromatic carbocycles. The maximum Gasteiger partial charge on any atom is 0.0480 e. The smallest absolute Gasteiger partial charge is 0.0480 e. The molecule has 90 valence electrons. The maximum absolute atomic E-state index is 3.55. The molecule has 1 aromatic heterocycles. The van der Waals surface area contributed by atoms with Crippen molar-refractivity contribution in [1.29, 1.82) is 0 Å². The molecule has 3 heteroatoms. The summed E-state index contributed by atoms with van der Waals surface area (Å²) in [6.45, 7) is 2.15. The first-order valence-electron chi connectivity index (χ1n) is 6.19. The summed E-state index contributed by atoms with van der Waals surface area (Å²) < 4.78 is 2.23. The molecule has 0 spiro atoms. The van der Waals surface area contributed by atoms with Gasteiger partial charge in [0, 0.05) is 43.4 Å². The molecule has 0 amide bonds. The highest BCUT2D eigenvalue weighted by Crippen LogP contribution is 2.22. The minimum atomic E-state index is 0.589. The Labute approximate surface area is 102 Å². The summed E-state index contributed by atoms with van der Waals surface area (Å²) in [5.74, 6) is 0. The molecule has 0 bridgehead atoms. The average molecular weight is 229 g/mol. The number of likely N-dealkylation sites (N-methyl/N-ethyl adjacent to an activating group) is 1. The van der Waals surface area contributed by atoms with Crippen LogP contribution in [0.15, 0.2) is 30.5 Å². The van der Waals surface area contributed by atoms with Gasteiger partial charge in [0.25, 0.3) is 0 Å². The molecule has 0 aliphatic carbocycles. The number of nitrogens with one attached hydrogen (secondary N) is 1. The topological polar surface area (TPSA) is 20.2 Å². The fraction of sp³-hybridized carbons (Fsp3) is 0.429. The van der Waals surface area contributed by atoms with Gasteiger partial charge in [-0.25, -0.2) is 0 Å². The van der Waals surface area contributed by atoms with E-state index < -0.39 is 0 Å². The van der Waals surface area contributed by atoms with Crippen LogP contribution in [-0.2, 0) is 13.5 Å². The fourth-order valence-electron chi connectivity index (χ4n) is 2.78. The predicted octanol–water partition coefficient (Wildman–Crippen LogP) is 1.58. The minimum Gasteiger partial charge on any atom is -0.350 e. The highest BCUT2D eigenvalue weighted by atomic mass is 15.3. The lowest BCUT2D eigenvalue weighted by molar-refractivity contribution is 0.406. The van der Waals surface area contributed by atoms with Gasteiger partial charge in [-0.05, 0) is 25.1 Å². The predicted molar refractivity (Wildman–Crippen MR) is 71.0 cm³/mol. The second-order valence-electron chi connectivity index (χ2n) is 5.08. The molecule has 0 saturated carbocycles. The Kier molecular flexibility index (Phi) is 2.65. The SMILES string of the molecule is CN1CNC(Cc2cn(C)c3ccccc23)C1. The van der Waals surface area contributed by atoms with Crippen LogP contribution in [0.4, 0.5) is 0 Å². The van der Waals surface area contributed by atoms with E-state index in [2.05, 4.69) is 59.3 Å². The third-order valence-electron chi connectivity index (χ3n) is 3.63. The van der Waals surface area contributed by atoms with E-state index in [1.807, 2.05) is 0 Å². The van der Waals surface area contributed by atoms with Crippen molar-refractivity contribution in [3.05, 3.63) is 36.0 Å². The van der Waals surface area contributed by atoms with Crippen LogP contribution in [0.1, 0.15) is 5.56 Å². The van der Waals surface area contributed by atoms with Gasteiger partial charge in [0.15, 0.2) is 0 Å². The molecule has 1 aliphatic rings. The number of benzene rings is 1. The van der Waals surface area contributed by atoms with Gasteiger partial charge in [-0.2, -0.15) is 0 Å².